The fourth-order valence-electron chi connectivity index (χ4n) is 1.81. The Bertz CT molecular complexity index is 740. The van der Waals surface area contributed by atoms with Crippen LogP contribution in [0.1, 0.15) is 15.9 Å². The summed E-state index contributed by atoms with van der Waals surface area (Å²) in [6, 6.07) is 6.55. The molecule has 5 nitrogen and oxygen atoms in total. The number of amides is 1. The molecule has 7 heteroatoms. The van der Waals surface area contributed by atoms with Crippen molar-refractivity contribution in [1.29, 1.82) is 5.41 Å². The van der Waals surface area contributed by atoms with E-state index in [1.165, 1.54) is 10.6 Å². The fourth-order valence-corrected chi connectivity index (χ4v) is 2.16. The minimum absolute atomic E-state index is 0.00424. The van der Waals surface area contributed by atoms with E-state index in [0.717, 1.165) is 5.56 Å². The molecular formula is C13H12Cl2N4O. The van der Waals surface area contributed by atoms with Crippen LogP contribution in [0.15, 0.2) is 30.5 Å². The number of carbonyl (C=O) groups excluding carboxylic acids is 1. The average molecular weight is 311 g/mol. The van der Waals surface area contributed by atoms with Crippen LogP contribution in [0, 0.1) is 5.41 Å². The molecule has 0 aliphatic rings. The van der Waals surface area contributed by atoms with Gasteiger partial charge in [-0.3, -0.25) is 10.2 Å². The van der Waals surface area contributed by atoms with Gasteiger partial charge >= 0.3 is 0 Å². The molecule has 104 valence electrons. The van der Waals surface area contributed by atoms with Crippen LogP contribution in [0.4, 0.5) is 5.69 Å². The number of pyridine rings is 1. The van der Waals surface area contributed by atoms with Gasteiger partial charge in [0, 0.05) is 12.7 Å². The first-order chi connectivity index (χ1) is 9.38. The molecule has 0 atom stereocenters. The van der Waals surface area contributed by atoms with Gasteiger partial charge in [0.15, 0.2) is 0 Å². The van der Waals surface area contributed by atoms with E-state index in [9.17, 15) is 4.79 Å². The van der Waals surface area contributed by atoms with Crippen molar-refractivity contribution in [1.82, 2.24) is 4.57 Å². The lowest BCUT2D eigenvalue weighted by Gasteiger charge is -2.11. The Balaban J connectivity index is 2.45. The first-order valence-electron chi connectivity index (χ1n) is 5.67. The minimum Gasteiger partial charge on any atom is -0.398 e. The Labute approximate surface area is 125 Å². The Kier molecular flexibility index (Phi) is 4.01. The molecule has 0 radical (unpaired) electrons. The van der Waals surface area contributed by atoms with Crippen molar-refractivity contribution in [3.63, 3.8) is 0 Å². The van der Waals surface area contributed by atoms with Crippen molar-refractivity contribution in [2.45, 2.75) is 6.54 Å². The first-order valence-corrected chi connectivity index (χ1v) is 6.42. The molecule has 1 amide bonds. The average Bonchev–Trinajstić information content (AvgIpc) is 2.37. The molecule has 0 aliphatic heterocycles. The van der Waals surface area contributed by atoms with E-state index in [1.54, 1.807) is 24.4 Å². The second kappa shape index (κ2) is 5.56. The highest BCUT2D eigenvalue weighted by Crippen LogP contribution is 2.20. The topological polar surface area (TPSA) is 97.9 Å². The number of anilines is 1. The smallest absolute Gasteiger partial charge is 0.252 e. The number of primary amides is 1. The quantitative estimate of drug-likeness (QED) is 0.756. The summed E-state index contributed by atoms with van der Waals surface area (Å²) in [5.41, 5.74) is 12.3. The number of aromatic nitrogens is 1. The predicted molar refractivity (Wildman–Crippen MR) is 78.8 cm³/mol. The maximum atomic E-state index is 11.3. The van der Waals surface area contributed by atoms with E-state index >= 15 is 0 Å². The SMILES string of the molecule is N=c1c(C(N)=O)cc(Cl)cn1Cc1ccc(Cl)c(N)c1. The van der Waals surface area contributed by atoms with Crippen LogP contribution in [0.25, 0.3) is 0 Å². The number of nitrogens with two attached hydrogens (primary N) is 2. The molecule has 5 N–H and O–H groups in total. The third-order valence-corrected chi connectivity index (χ3v) is 3.33. The van der Waals surface area contributed by atoms with Crippen molar-refractivity contribution < 1.29 is 4.79 Å². The third-order valence-electron chi connectivity index (χ3n) is 2.78. The van der Waals surface area contributed by atoms with Gasteiger partial charge in [0.1, 0.15) is 5.49 Å². The van der Waals surface area contributed by atoms with Gasteiger partial charge < -0.3 is 16.0 Å². The van der Waals surface area contributed by atoms with E-state index in [1.807, 2.05) is 0 Å². The molecule has 1 aromatic carbocycles. The zero-order valence-electron chi connectivity index (χ0n) is 10.4. The summed E-state index contributed by atoms with van der Waals surface area (Å²) in [6.45, 7) is 0.334. The summed E-state index contributed by atoms with van der Waals surface area (Å²) >= 11 is 11.8. The number of benzene rings is 1. The molecule has 1 aromatic heterocycles. The second-order valence-electron chi connectivity index (χ2n) is 4.27. The van der Waals surface area contributed by atoms with Crippen LogP contribution in [0.3, 0.4) is 0 Å². The molecule has 0 spiro atoms. The van der Waals surface area contributed by atoms with E-state index in [4.69, 9.17) is 40.1 Å². The minimum atomic E-state index is -0.693. The van der Waals surface area contributed by atoms with Crippen molar-refractivity contribution >= 4 is 34.8 Å². The lowest BCUT2D eigenvalue weighted by atomic mass is 10.2. The number of nitrogens with one attached hydrogen (secondary N) is 1. The van der Waals surface area contributed by atoms with Crippen molar-refractivity contribution in [2.75, 3.05) is 5.73 Å². The number of nitrogen functional groups attached to an aromatic ring is 1. The van der Waals surface area contributed by atoms with Gasteiger partial charge in [-0.15, -0.1) is 0 Å². The largest absolute Gasteiger partial charge is 0.398 e. The van der Waals surface area contributed by atoms with E-state index in [2.05, 4.69) is 0 Å². The molecule has 20 heavy (non-hydrogen) atoms. The van der Waals surface area contributed by atoms with Gasteiger partial charge in [0.2, 0.25) is 0 Å². The molecule has 0 bridgehead atoms. The van der Waals surface area contributed by atoms with E-state index in [-0.39, 0.29) is 11.1 Å². The number of nitrogens with zero attached hydrogens (tertiary/aromatic N) is 1. The summed E-state index contributed by atoms with van der Waals surface area (Å²) < 4.78 is 1.52. The molecule has 0 aliphatic carbocycles. The van der Waals surface area contributed by atoms with Gasteiger partial charge in [-0.05, 0) is 23.8 Å². The van der Waals surface area contributed by atoms with Crippen molar-refractivity contribution in [2.24, 2.45) is 5.73 Å². The highest BCUT2D eigenvalue weighted by molar-refractivity contribution is 6.33. The number of hydrogen-bond acceptors (Lipinski definition) is 3. The summed E-state index contributed by atoms with van der Waals surface area (Å²) in [7, 11) is 0. The van der Waals surface area contributed by atoms with Gasteiger partial charge in [-0.2, -0.15) is 0 Å². The first kappa shape index (κ1) is 14.4. The van der Waals surface area contributed by atoms with Crippen LogP contribution in [0.2, 0.25) is 10.0 Å². The molecule has 0 saturated heterocycles. The molecular weight excluding hydrogens is 299 g/mol. The lowest BCUT2D eigenvalue weighted by Crippen LogP contribution is -2.29. The number of hydrogen-bond donors (Lipinski definition) is 3. The lowest BCUT2D eigenvalue weighted by molar-refractivity contribution is 0.0998. The van der Waals surface area contributed by atoms with Gasteiger partial charge in [0.05, 0.1) is 21.3 Å². The van der Waals surface area contributed by atoms with Crippen LogP contribution in [0.5, 0.6) is 0 Å². The van der Waals surface area contributed by atoms with Gasteiger partial charge in [-0.1, -0.05) is 29.3 Å². The summed E-state index contributed by atoms with van der Waals surface area (Å²) in [6.07, 6.45) is 1.56. The van der Waals surface area contributed by atoms with Crippen LogP contribution >= 0.6 is 23.2 Å². The van der Waals surface area contributed by atoms with Crippen LogP contribution in [-0.2, 0) is 6.54 Å². The molecule has 1 heterocycles. The molecule has 0 fully saturated rings. The Morgan fingerprint density at radius 1 is 1.30 bits per heavy atom. The number of halogens is 2. The summed E-state index contributed by atoms with van der Waals surface area (Å²) in [5, 5.41) is 8.76. The van der Waals surface area contributed by atoms with Crippen molar-refractivity contribution in [3.8, 4) is 0 Å². The highest BCUT2D eigenvalue weighted by atomic mass is 35.5. The fraction of sp³-hybridized carbons (Fsp3) is 0.0769. The van der Waals surface area contributed by atoms with Crippen LogP contribution < -0.4 is 17.0 Å². The van der Waals surface area contributed by atoms with E-state index < -0.39 is 5.91 Å². The second-order valence-corrected chi connectivity index (χ2v) is 5.11. The number of rotatable bonds is 3. The zero-order valence-corrected chi connectivity index (χ0v) is 11.9. The standard InChI is InChI=1S/C13H12Cl2N4O/c14-8-4-9(13(18)20)12(17)19(6-8)5-7-1-2-10(15)11(16)3-7/h1-4,6,17H,5,16H2,(H2,18,20). The Morgan fingerprint density at radius 3 is 2.60 bits per heavy atom. The summed E-state index contributed by atoms with van der Waals surface area (Å²) in [4.78, 5) is 11.3. The maximum absolute atomic E-state index is 11.3. The Hall–Kier alpha value is -1.98. The summed E-state index contributed by atoms with van der Waals surface area (Å²) in [5.74, 6) is -0.693. The normalized spacial score (nSPS) is 10.5. The highest BCUT2D eigenvalue weighted by Gasteiger charge is 2.09. The van der Waals surface area contributed by atoms with E-state index in [0.29, 0.717) is 22.3 Å². The van der Waals surface area contributed by atoms with Crippen molar-refractivity contribution in [3.05, 3.63) is 57.1 Å². The van der Waals surface area contributed by atoms with Crippen LogP contribution in [-0.4, -0.2) is 10.5 Å². The molecule has 2 rings (SSSR count). The third kappa shape index (κ3) is 2.95. The zero-order chi connectivity index (χ0) is 14.9. The predicted octanol–water partition coefficient (Wildman–Crippen LogP) is 2.00. The Morgan fingerprint density at radius 2 is 2.00 bits per heavy atom. The van der Waals surface area contributed by atoms with Gasteiger partial charge in [-0.25, -0.2) is 0 Å². The van der Waals surface area contributed by atoms with Gasteiger partial charge in [0.25, 0.3) is 5.91 Å². The number of carbonyl (C=O) groups is 1. The monoisotopic (exact) mass is 310 g/mol. The maximum Gasteiger partial charge on any atom is 0.252 e. The molecule has 0 saturated carbocycles. The molecule has 2 aromatic rings. The molecule has 0 unspecified atom stereocenters.